The maximum atomic E-state index is 14.3. The van der Waals surface area contributed by atoms with Crippen LogP contribution in [0.5, 0.6) is 0 Å². The Hall–Kier alpha value is -1.28. The summed E-state index contributed by atoms with van der Waals surface area (Å²) in [6.45, 7) is 0.490. The van der Waals surface area contributed by atoms with Crippen molar-refractivity contribution in [1.29, 1.82) is 0 Å². The molecular weight excluding hydrogens is 391 g/mol. The number of aliphatic hydroxyl groups excluding tert-OH is 1. The number of halogens is 2. The summed E-state index contributed by atoms with van der Waals surface area (Å²) in [7, 11) is 0. The van der Waals surface area contributed by atoms with Crippen molar-refractivity contribution in [3.05, 3.63) is 48.0 Å². The fourth-order valence-corrected chi connectivity index (χ4v) is 3.34. The number of benzene rings is 1. The number of carboxylic acid groups (broad SMARTS) is 1. The third-order valence-electron chi connectivity index (χ3n) is 4.95. The maximum Gasteiger partial charge on any atom is 1.00 e. The number of carboxylic acids is 1. The molecule has 0 aromatic heterocycles. The van der Waals surface area contributed by atoms with E-state index < -0.39 is 18.0 Å². The molecule has 154 valence electrons. The first kappa shape index (κ1) is 25.8. The summed E-state index contributed by atoms with van der Waals surface area (Å²) in [6.07, 6.45) is 4.27. The van der Waals surface area contributed by atoms with Gasteiger partial charge < -0.3 is 19.9 Å². The van der Waals surface area contributed by atoms with Crippen molar-refractivity contribution in [2.24, 2.45) is 0 Å². The van der Waals surface area contributed by atoms with Crippen LogP contribution in [0.25, 0.3) is 0 Å². The molecule has 0 saturated carbocycles. The molecule has 1 amide bonds. The Morgan fingerprint density at radius 3 is 2.55 bits per heavy atom. The molecule has 2 atom stereocenters. The first-order valence-electron chi connectivity index (χ1n) is 9.61. The van der Waals surface area contributed by atoms with Crippen molar-refractivity contribution in [3.63, 3.8) is 0 Å². The van der Waals surface area contributed by atoms with E-state index in [0.717, 1.165) is 18.9 Å². The van der Waals surface area contributed by atoms with E-state index in [1.807, 2.05) is 0 Å². The standard InChI is InChI=1S/C21H27F2NO4.Na/c22-21(23,16-8-4-3-5-9-16)18(25)13-11-17-12-14-19(26)24(17)15-7-2-1-6-10-20(27)28;/h3-5,8-9,11,13,17-18,25H,1-2,6-7,10,12,14-15H2,(H,27,28);/q;+1/p-1/b13-11+;/t17-,18+;/m0./s1. The average molecular weight is 417 g/mol. The van der Waals surface area contributed by atoms with Crippen molar-refractivity contribution in [3.8, 4) is 0 Å². The molecule has 0 bridgehead atoms. The number of aliphatic carboxylic acids is 1. The van der Waals surface area contributed by atoms with Gasteiger partial charge in [-0.15, -0.1) is 0 Å². The zero-order valence-corrected chi connectivity index (χ0v) is 18.7. The van der Waals surface area contributed by atoms with Crippen LogP contribution in [0.3, 0.4) is 0 Å². The van der Waals surface area contributed by atoms with Crippen LogP contribution in [0, 0.1) is 0 Å². The van der Waals surface area contributed by atoms with E-state index in [1.54, 1.807) is 11.0 Å². The number of likely N-dealkylation sites (tertiary alicyclic amines) is 1. The van der Waals surface area contributed by atoms with Gasteiger partial charge in [-0.1, -0.05) is 55.3 Å². The summed E-state index contributed by atoms with van der Waals surface area (Å²) < 4.78 is 28.7. The van der Waals surface area contributed by atoms with Crippen LogP contribution in [0.1, 0.15) is 50.5 Å². The van der Waals surface area contributed by atoms with Crippen molar-refractivity contribution in [2.75, 3.05) is 6.54 Å². The number of rotatable bonds is 11. The Morgan fingerprint density at radius 1 is 1.24 bits per heavy atom. The summed E-state index contributed by atoms with van der Waals surface area (Å²) >= 11 is 0. The molecule has 0 aliphatic carbocycles. The van der Waals surface area contributed by atoms with Crippen LogP contribution in [0.2, 0.25) is 0 Å². The van der Waals surface area contributed by atoms with Crippen LogP contribution in [-0.4, -0.2) is 40.6 Å². The smallest absolute Gasteiger partial charge is 0.550 e. The van der Waals surface area contributed by atoms with Crippen molar-refractivity contribution < 1.29 is 58.1 Å². The largest absolute Gasteiger partial charge is 1.00 e. The van der Waals surface area contributed by atoms with Crippen LogP contribution >= 0.6 is 0 Å². The number of hydrogen-bond acceptors (Lipinski definition) is 4. The molecule has 0 unspecified atom stereocenters. The number of unbranched alkanes of at least 4 members (excludes halogenated alkanes) is 3. The van der Waals surface area contributed by atoms with Crippen LogP contribution in [-0.2, 0) is 15.5 Å². The van der Waals surface area contributed by atoms with Crippen molar-refractivity contribution in [1.82, 2.24) is 4.90 Å². The zero-order chi connectivity index (χ0) is 20.6. The average Bonchev–Trinajstić information content (AvgIpc) is 3.02. The number of carbonyl (C=O) groups excluding carboxylic acids is 2. The van der Waals surface area contributed by atoms with Gasteiger partial charge in [-0.05, 0) is 25.7 Å². The molecule has 1 fully saturated rings. The molecular formula is C21H26F2NNaO4. The predicted molar refractivity (Wildman–Crippen MR) is 98.3 cm³/mol. The number of alkyl halides is 2. The predicted octanol–water partition coefficient (Wildman–Crippen LogP) is -0.609. The summed E-state index contributed by atoms with van der Waals surface area (Å²) in [5.74, 6) is -4.51. The first-order valence-corrected chi connectivity index (χ1v) is 9.61. The number of carbonyl (C=O) groups is 2. The first-order chi connectivity index (χ1) is 13.3. The second-order valence-corrected chi connectivity index (χ2v) is 7.05. The topological polar surface area (TPSA) is 80.7 Å². The molecule has 0 spiro atoms. The van der Waals surface area contributed by atoms with E-state index in [2.05, 4.69) is 0 Å². The minimum Gasteiger partial charge on any atom is -0.550 e. The van der Waals surface area contributed by atoms with Gasteiger partial charge in [0.15, 0.2) is 0 Å². The molecule has 1 heterocycles. The van der Waals surface area contributed by atoms with E-state index in [1.165, 1.54) is 30.3 Å². The SMILES string of the molecule is O=C([O-])CCCCCCN1C(=O)CC[C@@H]1/C=C/[C@@H](O)C(F)(F)c1ccccc1.[Na+]. The van der Waals surface area contributed by atoms with Gasteiger partial charge in [0.05, 0.1) is 6.04 Å². The number of nitrogens with zero attached hydrogens (tertiary/aromatic N) is 1. The molecule has 1 aliphatic rings. The Labute approximate surface area is 192 Å². The van der Waals surface area contributed by atoms with Crippen molar-refractivity contribution in [2.45, 2.75) is 63.0 Å². The molecule has 2 rings (SSSR count). The van der Waals surface area contributed by atoms with Crippen LogP contribution in [0.15, 0.2) is 42.5 Å². The Morgan fingerprint density at radius 2 is 1.90 bits per heavy atom. The fourth-order valence-electron chi connectivity index (χ4n) is 3.34. The fraction of sp³-hybridized carbons (Fsp3) is 0.524. The van der Waals surface area contributed by atoms with Gasteiger partial charge in [0, 0.05) is 24.5 Å². The van der Waals surface area contributed by atoms with E-state index >= 15 is 0 Å². The monoisotopic (exact) mass is 417 g/mol. The Bertz CT molecular complexity index is 685. The maximum absolute atomic E-state index is 14.3. The van der Waals surface area contributed by atoms with Gasteiger partial charge in [0.1, 0.15) is 6.10 Å². The zero-order valence-electron chi connectivity index (χ0n) is 16.7. The van der Waals surface area contributed by atoms with Gasteiger partial charge >= 0.3 is 35.5 Å². The third-order valence-corrected chi connectivity index (χ3v) is 4.95. The van der Waals surface area contributed by atoms with Crippen molar-refractivity contribution >= 4 is 11.9 Å². The van der Waals surface area contributed by atoms with Gasteiger partial charge in [-0.25, -0.2) is 0 Å². The van der Waals surface area contributed by atoms with Crippen LogP contribution < -0.4 is 34.7 Å². The minimum atomic E-state index is -3.41. The van der Waals surface area contributed by atoms with Gasteiger partial charge in [0.25, 0.3) is 0 Å². The Balaban J connectivity index is 0.00000420. The molecule has 1 saturated heterocycles. The summed E-state index contributed by atoms with van der Waals surface area (Å²) in [5.41, 5.74) is -0.261. The summed E-state index contributed by atoms with van der Waals surface area (Å²) in [5, 5.41) is 20.3. The third kappa shape index (κ3) is 7.81. The molecule has 1 N–H and O–H groups in total. The van der Waals surface area contributed by atoms with Gasteiger partial charge in [-0.3, -0.25) is 4.79 Å². The quantitative estimate of drug-likeness (QED) is 0.296. The van der Waals surface area contributed by atoms with E-state index in [4.69, 9.17) is 0 Å². The molecule has 0 radical (unpaired) electrons. The van der Waals surface area contributed by atoms with Crippen LogP contribution in [0.4, 0.5) is 8.78 Å². The van der Waals surface area contributed by atoms with Gasteiger partial charge in [0.2, 0.25) is 5.91 Å². The second-order valence-electron chi connectivity index (χ2n) is 7.05. The van der Waals surface area contributed by atoms with E-state index in [-0.39, 0.29) is 53.5 Å². The number of amides is 1. The molecule has 5 nitrogen and oxygen atoms in total. The molecule has 8 heteroatoms. The van der Waals surface area contributed by atoms with E-state index in [9.17, 15) is 28.6 Å². The molecule has 1 aromatic carbocycles. The minimum absolute atomic E-state index is 0. The number of aliphatic hydroxyl groups is 1. The molecule has 1 aromatic rings. The summed E-state index contributed by atoms with van der Waals surface area (Å²) in [4.78, 5) is 24.1. The number of hydrogen-bond donors (Lipinski definition) is 1. The Kier molecular flexibility index (Phi) is 11.0. The van der Waals surface area contributed by atoms with E-state index in [0.29, 0.717) is 32.2 Å². The van der Waals surface area contributed by atoms with Gasteiger partial charge in [-0.2, -0.15) is 8.78 Å². The molecule has 1 aliphatic heterocycles. The second kappa shape index (κ2) is 12.4. The normalized spacial score (nSPS) is 18.1. The summed E-state index contributed by atoms with van der Waals surface area (Å²) in [6, 6.07) is 6.83. The molecule has 29 heavy (non-hydrogen) atoms.